The number of hydrogen-bond acceptors (Lipinski definition) is 6. The van der Waals surface area contributed by atoms with Gasteiger partial charge < -0.3 is 24.4 Å². The number of piperidine rings is 1. The maximum absolute atomic E-state index is 13.5. The van der Waals surface area contributed by atoms with Crippen molar-refractivity contribution in [3.05, 3.63) is 54.1 Å². The summed E-state index contributed by atoms with van der Waals surface area (Å²) in [4.78, 5) is 30.9. The van der Waals surface area contributed by atoms with Crippen LogP contribution in [0.5, 0.6) is 11.5 Å². The van der Waals surface area contributed by atoms with E-state index >= 15 is 0 Å². The molecule has 2 aliphatic heterocycles. The lowest BCUT2D eigenvalue weighted by Crippen LogP contribution is -2.51. The standard InChI is InChI=1S/C27H35N3O5/c1-19(29-14-16-35-17-15-29)18-28-27(32)24-12-13-25(31)30(21-6-10-23(34-3)11-7-21)26(24)20-4-8-22(33-2)9-5-20/h4-11,19,24,26H,12-18H2,1-3H3,(H,28,32). The van der Waals surface area contributed by atoms with Gasteiger partial charge in [0.2, 0.25) is 11.8 Å². The summed E-state index contributed by atoms with van der Waals surface area (Å²) in [7, 11) is 3.23. The smallest absolute Gasteiger partial charge is 0.227 e. The largest absolute Gasteiger partial charge is 0.497 e. The predicted molar refractivity (Wildman–Crippen MR) is 134 cm³/mol. The first-order valence-electron chi connectivity index (χ1n) is 12.2. The summed E-state index contributed by atoms with van der Waals surface area (Å²) in [6, 6.07) is 14.8. The van der Waals surface area contributed by atoms with E-state index in [1.54, 1.807) is 19.1 Å². The molecule has 2 aliphatic rings. The van der Waals surface area contributed by atoms with Crippen LogP contribution in [0, 0.1) is 5.92 Å². The Morgan fingerprint density at radius 1 is 1.03 bits per heavy atom. The van der Waals surface area contributed by atoms with E-state index in [1.165, 1.54) is 0 Å². The van der Waals surface area contributed by atoms with Crippen LogP contribution in [0.3, 0.4) is 0 Å². The van der Waals surface area contributed by atoms with E-state index in [4.69, 9.17) is 14.2 Å². The lowest BCUT2D eigenvalue weighted by Gasteiger charge is -2.41. The fourth-order valence-electron chi connectivity index (χ4n) is 4.92. The minimum atomic E-state index is -0.422. The van der Waals surface area contributed by atoms with E-state index in [9.17, 15) is 9.59 Å². The zero-order chi connectivity index (χ0) is 24.8. The van der Waals surface area contributed by atoms with Crippen molar-refractivity contribution in [1.29, 1.82) is 0 Å². The second-order valence-corrected chi connectivity index (χ2v) is 9.07. The van der Waals surface area contributed by atoms with Crippen LogP contribution < -0.4 is 19.7 Å². The average Bonchev–Trinajstić information content (AvgIpc) is 2.92. The minimum Gasteiger partial charge on any atom is -0.497 e. The van der Waals surface area contributed by atoms with Crippen molar-refractivity contribution in [2.45, 2.75) is 31.8 Å². The quantitative estimate of drug-likeness (QED) is 0.624. The van der Waals surface area contributed by atoms with Crippen molar-refractivity contribution in [2.75, 3.05) is 52.0 Å². The molecule has 188 valence electrons. The van der Waals surface area contributed by atoms with E-state index < -0.39 is 6.04 Å². The van der Waals surface area contributed by atoms with Crippen LogP contribution in [0.25, 0.3) is 0 Å². The van der Waals surface area contributed by atoms with Gasteiger partial charge in [0.15, 0.2) is 0 Å². The molecule has 3 unspecified atom stereocenters. The molecule has 0 aromatic heterocycles. The number of nitrogens with zero attached hydrogens (tertiary/aromatic N) is 2. The van der Waals surface area contributed by atoms with Gasteiger partial charge in [-0.05, 0) is 55.3 Å². The Kier molecular flexibility index (Phi) is 8.25. The molecular formula is C27H35N3O5. The molecule has 4 rings (SSSR count). The number of amides is 2. The zero-order valence-corrected chi connectivity index (χ0v) is 20.7. The Morgan fingerprint density at radius 2 is 1.63 bits per heavy atom. The zero-order valence-electron chi connectivity index (χ0n) is 20.7. The van der Waals surface area contributed by atoms with Crippen molar-refractivity contribution in [2.24, 2.45) is 5.92 Å². The van der Waals surface area contributed by atoms with Gasteiger partial charge in [0.05, 0.1) is 39.4 Å². The van der Waals surface area contributed by atoms with Gasteiger partial charge in [0.1, 0.15) is 11.5 Å². The van der Waals surface area contributed by atoms with E-state index in [-0.39, 0.29) is 23.8 Å². The fraction of sp³-hybridized carbons (Fsp3) is 0.481. The normalized spacial score (nSPS) is 21.9. The van der Waals surface area contributed by atoms with Crippen LogP contribution in [0.2, 0.25) is 0 Å². The molecule has 3 atom stereocenters. The van der Waals surface area contributed by atoms with Crippen molar-refractivity contribution in [1.82, 2.24) is 10.2 Å². The number of rotatable bonds is 8. The van der Waals surface area contributed by atoms with Gasteiger partial charge in [-0.25, -0.2) is 0 Å². The molecule has 0 radical (unpaired) electrons. The van der Waals surface area contributed by atoms with E-state index in [0.717, 1.165) is 43.3 Å². The van der Waals surface area contributed by atoms with E-state index in [1.807, 2.05) is 48.5 Å². The topological polar surface area (TPSA) is 80.3 Å². The molecular weight excluding hydrogens is 446 g/mol. The van der Waals surface area contributed by atoms with Gasteiger partial charge in [-0.2, -0.15) is 0 Å². The maximum atomic E-state index is 13.5. The molecule has 35 heavy (non-hydrogen) atoms. The van der Waals surface area contributed by atoms with Gasteiger partial charge in [0.25, 0.3) is 0 Å². The number of anilines is 1. The molecule has 2 heterocycles. The number of benzene rings is 2. The molecule has 1 N–H and O–H groups in total. The van der Waals surface area contributed by atoms with Crippen LogP contribution in [0.15, 0.2) is 48.5 Å². The highest BCUT2D eigenvalue weighted by Gasteiger charge is 2.41. The molecule has 8 nitrogen and oxygen atoms in total. The number of carbonyl (C=O) groups is 2. The molecule has 0 bridgehead atoms. The number of carbonyl (C=O) groups excluding carboxylic acids is 2. The first kappa shape index (κ1) is 25.0. The molecule has 2 saturated heterocycles. The third-order valence-electron chi connectivity index (χ3n) is 6.98. The first-order valence-corrected chi connectivity index (χ1v) is 12.2. The second kappa shape index (κ2) is 11.6. The summed E-state index contributed by atoms with van der Waals surface area (Å²) in [5.41, 5.74) is 1.65. The highest BCUT2D eigenvalue weighted by Crippen LogP contribution is 2.41. The Morgan fingerprint density at radius 3 is 2.23 bits per heavy atom. The predicted octanol–water partition coefficient (Wildman–Crippen LogP) is 3.03. The van der Waals surface area contributed by atoms with Gasteiger partial charge in [0, 0.05) is 37.8 Å². The summed E-state index contributed by atoms with van der Waals surface area (Å²) in [5, 5.41) is 3.17. The van der Waals surface area contributed by atoms with Crippen molar-refractivity contribution in [3.8, 4) is 11.5 Å². The highest BCUT2D eigenvalue weighted by molar-refractivity contribution is 5.97. The third-order valence-corrected chi connectivity index (χ3v) is 6.98. The number of nitrogens with one attached hydrogen (secondary N) is 1. The average molecular weight is 482 g/mol. The molecule has 0 saturated carbocycles. The SMILES string of the molecule is COc1ccc(C2C(C(=O)NCC(C)N3CCOCC3)CCC(=O)N2c2ccc(OC)cc2)cc1. The van der Waals surface area contributed by atoms with Crippen molar-refractivity contribution >= 4 is 17.5 Å². The van der Waals surface area contributed by atoms with Gasteiger partial charge in [-0.3, -0.25) is 14.5 Å². The van der Waals surface area contributed by atoms with Crippen LogP contribution in [-0.4, -0.2) is 69.8 Å². The Hall–Kier alpha value is -3.10. The number of hydrogen-bond donors (Lipinski definition) is 1. The Bertz CT molecular complexity index is 989. The molecule has 2 aromatic carbocycles. The highest BCUT2D eigenvalue weighted by atomic mass is 16.5. The molecule has 0 aliphatic carbocycles. The Labute approximate surface area is 207 Å². The molecule has 2 fully saturated rings. The summed E-state index contributed by atoms with van der Waals surface area (Å²) in [6.45, 7) is 5.86. The van der Waals surface area contributed by atoms with Crippen LogP contribution in [-0.2, 0) is 14.3 Å². The lowest BCUT2D eigenvalue weighted by molar-refractivity contribution is -0.129. The monoisotopic (exact) mass is 481 g/mol. The molecule has 2 amide bonds. The van der Waals surface area contributed by atoms with Gasteiger partial charge in [-0.1, -0.05) is 12.1 Å². The first-order chi connectivity index (χ1) is 17.0. The van der Waals surface area contributed by atoms with Crippen LogP contribution in [0.4, 0.5) is 5.69 Å². The van der Waals surface area contributed by atoms with Gasteiger partial charge in [-0.15, -0.1) is 0 Å². The van der Waals surface area contributed by atoms with Crippen LogP contribution >= 0.6 is 0 Å². The molecule has 0 spiro atoms. The molecule has 2 aromatic rings. The maximum Gasteiger partial charge on any atom is 0.227 e. The second-order valence-electron chi connectivity index (χ2n) is 9.07. The van der Waals surface area contributed by atoms with Crippen molar-refractivity contribution < 1.29 is 23.8 Å². The summed E-state index contributed by atoms with van der Waals surface area (Å²) in [6.07, 6.45) is 0.815. The lowest BCUT2D eigenvalue weighted by atomic mass is 9.83. The van der Waals surface area contributed by atoms with Gasteiger partial charge >= 0.3 is 0 Å². The summed E-state index contributed by atoms with van der Waals surface area (Å²) >= 11 is 0. The Balaban J connectivity index is 1.59. The summed E-state index contributed by atoms with van der Waals surface area (Å²) < 4.78 is 16.1. The summed E-state index contributed by atoms with van der Waals surface area (Å²) in [5.74, 6) is 1.04. The number of morpholine rings is 1. The number of methoxy groups -OCH3 is 2. The van der Waals surface area contributed by atoms with Crippen LogP contribution in [0.1, 0.15) is 31.4 Å². The van der Waals surface area contributed by atoms with E-state index in [0.29, 0.717) is 25.1 Å². The third kappa shape index (κ3) is 5.77. The van der Waals surface area contributed by atoms with Crippen molar-refractivity contribution in [3.63, 3.8) is 0 Å². The van der Waals surface area contributed by atoms with E-state index in [2.05, 4.69) is 17.1 Å². The number of ether oxygens (including phenoxy) is 3. The minimum absolute atomic E-state index is 0.00159. The fourth-order valence-corrected chi connectivity index (χ4v) is 4.92. The molecule has 8 heteroatoms.